The van der Waals surface area contributed by atoms with Crippen molar-refractivity contribution in [3.63, 3.8) is 0 Å². The number of aryl methyl sites for hydroxylation is 1. The number of fused-ring (bicyclic) bond motifs is 1. The van der Waals surface area contributed by atoms with Crippen LogP contribution in [-0.4, -0.2) is 24.5 Å². The van der Waals surface area contributed by atoms with Gasteiger partial charge in [0.05, 0.1) is 10.6 Å². The molecule has 0 aliphatic carbocycles. The van der Waals surface area contributed by atoms with Gasteiger partial charge in [-0.25, -0.2) is 13.2 Å². The second-order valence-electron chi connectivity index (χ2n) is 5.17. The molecule has 7 heteroatoms. The number of hydrogen-bond acceptors (Lipinski definition) is 3. The molecular formula is C16H14N2O4S. The van der Waals surface area contributed by atoms with Crippen LogP contribution in [0.15, 0.2) is 53.4 Å². The highest BCUT2D eigenvalue weighted by atomic mass is 32.2. The van der Waals surface area contributed by atoms with E-state index in [0.29, 0.717) is 16.6 Å². The number of H-pyrrole nitrogens is 1. The van der Waals surface area contributed by atoms with Crippen molar-refractivity contribution in [3.05, 3.63) is 59.8 Å². The molecular weight excluding hydrogens is 316 g/mol. The highest BCUT2D eigenvalue weighted by Crippen LogP contribution is 2.26. The summed E-state index contributed by atoms with van der Waals surface area (Å²) >= 11 is 0. The highest BCUT2D eigenvalue weighted by Gasteiger charge is 2.17. The number of carboxylic acids is 1. The normalized spacial score (nSPS) is 11.5. The largest absolute Gasteiger partial charge is 0.477 e. The summed E-state index contributed by atoms with van der Waals surface area (Å²) in [5, 5.41) is 9.54. The summed E-state index contributed by atoms with van der Waals surface area (Å²) < 4.78 is 27.4. The summed E-state index contributed by atoms with van der Waals surface area (Å²) in [4.78, 5) is 13.9. The molecule has 0 fully saturated rings. The third-order valence-corrected chi connectivity index (χ3v) is 4.85. The monoisotopic (exact) mass is 330 g/mol. The Morgan fingerprint density at radius 1 is 1.13 bits per heavy atom. The number of benzene rings is 2. The van der Waals surface area contributed by atoms with Crippen molar-refractivity contribution >= 4 is 32.6 Å². The second-order valence-corrected chi connectivity index (χ2v) is 6.86. The SMILES string of the molecule is Cc1ccc(S(=O)(=O)Nc2cccc3[nH]c(C(=O)O)cc23)cc1. The topological polar surface area (TPSA) is 99.3 Å². The summed E-state index contributed by atoms with van der Waals surface area (Å²) in [5.74, 6) is -1.10. The van der Waals surface area contributed by atoms with Crippen LogP contribution in [0.1, 0.15) is 16.1 Å². The minimum atomic E-state index is -3.74. The Morgan fingerprint density at radius 2 is 1.83 bits per heavy atom. The maximum Gasteiger partial charge on any atom is 0.352 e. The summed E-state index contributed by atoms with van der Waals surface area (Å²) in [6.07, 6.45) is 0. The van der Waals surface area contributed by atoms with Gasteiger partial charge in [0.25, 0.3) is 10.0 Å². The summed E-state index contributed by atoms with van der Waals surface area (Å²) in [7, 11) is -3.74. The summed E-state index contributed by atoms with van der Waals surface area (Å²) in [5.41, 5.74) is 1.84. The molecule has 0 aliphatic rings. The van der Waals surface area contributed by atoms with E-state index >= 15 is 0 Å². The Bertz CT molecular complexity index is 989. The lowest BCUT2D eigenvalue weighted by Gasteiger charge is -2.09. The predicted molar refractivity (Wildman–Crippen MR) is 87.2 cm³/mol. The second kappa shape index (κ2) is 5.44. The quantitative estimate of drug-likeness (QED) is 0.685. The highest BCUT2D eigenvalue weighted by molar-refractivity contribution is 7.92. The molecule has 6 nitrogen and oxygen atoms in total. The molecule has 0 spiro atoms. The molecule has 3 rings (SSSR count). The number of sulfonamides is 1. The number of rotatable bonds is 4. The third kappa shape index (κ3) is 2.91. The molecule has 0 amide bonds. The average Bonchev–Trinajstić information content (AvgIpc) is 2.93. The van der Waals surface area contributed by atoms with Crippen LogP contribution in [0, 0.1) is 6.92 Å². The van der Waals surface area contributed by atoms with Crippen molar-refractivity contribution in [2.24, 2.45) is 0 Å². The first-order chi connectivity index (χ1) is 10.9. The number of aromatic carboxylic acids is 1. The number of anilines is 1. The van der Waals surface area contributed by atoms with Crippen LogP contribution in [0.3, 0.4) is 0 Å². The smallest absolute Gasteiger partial charge is 0.352 e. The van der Waals surface area contributed by atoms with E-state index in [0.717, 1.165) is 5.56 Å². The van der Waals surface area contributed by atoms with Gasteiger partial charge in [-0.2, -0.15) is 0 Å². The zero-order valence-electron chi connectivity index (χ0n) is 12.2. The molecule has 0 atom stereocenters. The first-order valence-corrected chi connectivity index (χ1v) is 8.30. The molecule has 0 aliphatic heterocycles. The van der Waals surface area contributed by atoms with Gasteiger partial charge in [0, 0.05) is 10.9 Å². The van der Waals surface area contributed by atoms with Crippen molar-refractivity contribution in [1.82, 2.24) is 4.98 Å². The number of carboxylic acid groups (broad SMARTS) is 1. The summed E-state index contributed by atoms with van der Waals surface area (Å²) in [6.45, 7) is 1.87. The van der Waals surface area contributed by atoms with Crippen LogP contribution < -0.4 is 4.72 Å². The standard InChI is InChI=1S/C16H14N2O4S/c1-10-5-7-11(8-6-10)23(21,22)18-14-4-2-3-13-12(14)9-15(17-13)16(19)20/h2-9,17-18H,1H3,(H,19,20). The minimum absolute atomic E-state index is 0.00184. The van der Waals surface area contributed by atoms with Crippen LogP contribution in [0.25, 0.3) is 10.9 Å². The van der Waals surface area contributed by atoms with E-state index in [1.807, 2.05) is 6.92 Å². The van der Waals surface area contributed by atoms with E-state index in [2.05, 4.69) is 9.71 Å². The first kappa shape index (κ1) is 15.1. The van der Waals surface area contributed by atoms with Gasteiger partial charge in [-0.15, -0.1) is 0 Å². The minimum Gasteiger partial charge on any atom is -0.477 e. The Balaban J connectivity index is 2.03. The molecule has 3 N–H and O–H groups in total. The van der Waals surface area contributed by atoms with Gasteiger partial charge in [0.15, 0.2) is 0 Å². The predicted octanol–water partition coefficient (Wildman–Crippen LogP) is 2.98. The van der Waals surface area contributed by atoms with Gasteiger partial charge >= 0.3 is 5.97 Å². The molecule has 118 valence electrons. The maximum absolute atomic E-state index is 12.5. The number of aromatic amines is 1. The van der Waals surface area contributed by atoms with Gasteiger partial charge in [0.2, 0.25) is 0 Å². The van der Waals surface area contributed by atoms with Gasteiger partial charge < -0.3 is 10.1 Å². The van der Waals surface area contributed by atoms with Crippen LogP contribution in [-0.2, 0) is 10.0 Å². The van der Waals surface area contributed by atoms with E-state index in [4.69, 9.17) is 5.11 Å². The molecule has 1 heterocycles. The number of carbonyl (C=O) groups is 1. The molecule has 23 heavy (non-hydrogen) atoms. The first-order valence-electron chi connectivity index (χ1n) is 6.81. The van der Waals surface area contributed by atoms with Gasteiger partial charge in [-0.05, 0) is 37.3 Å². The number of hydrogen-bond donors (Lipinski definition) is 3. The van der Waals surface area contributed by atoms with E-state index < -0.39 is 16.0 Å². The fraction of sp³-hybridized carbons (Fsp3) is 0.0625. The van der Waals surface area contributed by atoms with Crippen molar-refractivity contribution < 1.29 is 18.3 Å². The lowest BCUT2D eigenvalue weighted by molar-refractivity contribution is 0.0691. The molecule has 0 bridgehead atoms. The van der Waals surface area contributed by atoms with Crippen LogP contribution >= 0.6 is 0 Å². The Labute approximate surface area is 132 Å². The van der Waals surface area contributed by atoms with Gasteiger partial charge in [-0.3, -0.25) is 4.72 Å². The van der Waals surface area contributed by atoms with Crippen molar-refractivity contribution in [3.8, 4) is 0 Å². The fourth-order valence-electron chi connectivity index (χ4n) is 2.28. The molecule has 0 unspecified atom stereocenters. The molecule has 3 aromatic rings. The van der Waals surface area contributed by atoms with E-state index in [-0.39, 0.29) is 10.6 Å². The van der Waals surface area contributed by atoms with Gasteiger partial charge in [0.1, 0.15) is 5.69 Å². The van der Waals surface area contributed by atoms with Crippen LogP contribution in [0.5, 0.6) is 0 Å². The zero-order chi connectivity index (χ0) is 16.6. The molecule has 0 saturated heterocycles. The van der Waals surface area contributed by atoms with Gasteiger partial charge in [-0.1, -0.05) is 23.8 Å². The lowest BCUT2D eigenvalue weighted by atomic mass is 10.2. The van der Waals surface area contributed by atoms with Crippen molar-refractivity contribution in [2.75, 3.05) is 4.72 Å². The molecule has 0 radical (unpaired) electrons. The maximum atomic E-state index is 12.5. The van der Waals surface area contributed by atoms with E-state index in [1.54, 1.807) is 30.3 Å². The van der Waals surface area contributed by atoms with Crippen LogP contribution in [0.4, 0.5) is 5.69 Å². The number of aromatic nitrogens is 1. The average molecular weight is 330 g/mol. The Morgan fingerprint density at radius 3 is 2.48 bits per heavy atom. The molecule has 1 aromatic heterocycles. The van der Waals surface area contributed by atoms with E-state index in [9.17, 15) is 13.2 Å². The van der Waals surface area contributed by atoms with Crippen molar-refractivity contribution in [1.29, 1.82) is 0 Å². The Hall–Kier alpha value is -2.80. The molecule has 0 saturated carbocycles. The number of nitrogens with one attached hydrogen (secondary N) is 2. The van der Waals surface area contributed by atoms with E-state index in [1.165, 1.54) is 18.2 Å². The Kier molecular flexibility index (Phi) is 3.57. The molecule has 2 aromatic carbocycles. The summed E-state index contributed by atoms with van der Waals surface area (Å²) in [6, 6.07) is 12.8. The zero-order valence-corrected chi connectivity index (χ0v) is 13.0. The van der Waals surface area contributed by atoms with Crippen LogP contribution in [0.2, 0.25) is 0 Å². The lowest BCUT2D eigenvalue weighted by Crippen LogP contribution is -2.13. The fourth-order valence-corrected chi connectivity index (χ4v) is 3.36. The third-order valence-electron chi connectivity index (χ3n) is 3.47. The van der Waals surface area contributed by atoms with Crippen molar-refractivity contribution in [2.45, 2.75) is 11.8 Å².